The van der Waals surface area contributed by atoms with Gasteiger partial charge in [-0.25, -0.2) is 0 Å². The van der Waals surface area contributed by atoms with Gasteiger partial charge in [0.05, 0.1) is 0 Å². The van der Waals surface area contributed by atoms with Crippen LogP contribution in [0.2, 0.25) is 0 Å². The fraction of sp³-hybridized carbons (Fsp3) is 0.125. The number of hydrogen-bond donors (Lipinski definition) is 2. The van der Waals surface area contributed by atoms with Crippen LogP contribution in [0.4, 0.5) is 0 Å². The molecule has 0 amide bonds. The van der Waals surface area contributed by atoms with Gasteiger partial charge in [-0.05, 0) is 11.1 Å². The molecule has 0 aliphatic rings. The zero-order valence-electron chi connectivity index (χ0n) is 11.0. The first-order chi connectivity index (χ1) is 9.83. The lowest BCUT2D eigenvalue weighted by molar-refractivity contribution is 0.313. The second-order valence-electron chi connectivity index (χ2n) is 4.42. The van der Waals surface area contributed by atoms with Crippen molar-refractivity contribution in [3.8, 4) is 0 Å². The maximum absolute atomic E-state index is 9.16. The third-order valence-electron chi connectivity index (χ3n) is 3.00. The number of benzene rings is 2. The van der Waals surface area contributed by atoms with Crippen LogP contribution >= 0.6 is 0 Å². The van der Waals surface area contributed by atoms with E-state index < -0.39 is 0 Å². The molecule has 4 nitrogen and oxygen atoms in total. The van der Waals surface area contributed by atoms with Gasteiger partial charge in [0.2, 0.25) is 0 Å². The largest absolute Gasteiger partial charge is 0.411 e. The third-order valence-corrected chi connectivity index (χ3v) is 3.00. The average Bonchev–Trinajstić information content (AvgIpc) is 2.52. The van der Waals surface area contributed by atoms with Gasteiger partial charge in [-0.1, -0.05) is 71.0 Å². The van der Waals surface area contributed by atoms with Crippen molar-refractivity contribution in [1.29, 1.82) is 0 Å². The maximum atomic E-state index is 9.16. The van der Waals surface area contributed by atoms with E-state index >= 15 is 0 Å². The summed E-state index contributed by atoms with van der Waals surface area (Å²) in [4.78, 5) is 0. The molecule has 0 aliphatic carbocycles. The number of hydrogen-bond acceptors (Lipinski definition) is 4. The Balaban J connectivity index is 2.13. The van der Waals surface area contributed by atoms with Crippen LogP contribution in [-0.2, 0) is 12.8 Å². The molecule has 0 aromatic heterocycles. The Morgan fingerprint density at radius 2 is 1.00 bits per heavy atom. The normalized spacial score (nSPS) is 12.4. The molecule has 2 aromatic rings. The molecule has 2 N–H and O–H groups in total. The first kappa shape index (κ1) is 13.8. The maximum Gasteiger partial charge on any atom is 0.109 e. The summed E-state index contributed by atoms with van der Waals surface area (Å²) in [7, 11) is 0. The molecule has 4 heteroatoms. The van der Waals surface area contributed by atoms with Crippen LogP contribution < -0.4 is 0 Å². The molecule has 0 bridgehead atoms. The van der Waals surface area contributed by atoms with Crippen LogP contribution in [0.25, 0.3) is 0 Å². The summed E-state index contributed by atoms with van der Waals surface area (Å²) in [5.41, 5.74) is 2.72. The van der Waals surface area contributed by atoms with E-state index in [1.165, 1.54) is 0 Å². The van der Waals surface area contributed by atoms with E-state index in [1.54, 1.807) is 0 Å². The molecule has 20 heavy (non-hydrogen) atoms. The van der Waals surface area contributed by atoms with Gasteiger partial charge < -0.3 is 10.4 Å². The summed E-state index contributed by atoms with van der Waals surface area (Å²) in [6.07, 6.45) is 0.840. The van der Waals surface area contributed by atoms with Crippen LogP contribution in [0.1, 0.15) is 11.1 Å². The molecule has 0 saturated carbocycles. The predicted octanol–water partition coefficient (Wildman–Crippen LogP) is 3.13. The zero-order chi connectivity index (χ0) is 14.2. The van der Waals surface area contributed by atoms with Gasteiger partial charge in [-0.2, -0.15) is 0 Å². The van der Waals surface area contributed by atoms with E-state index in [0.29, 0.717) is 24.3 Å². The average molecular weight is 268 g/mol. The van der Waals surface area contributed by atoms with E-state index in [9.17, 15) is 0 Å². The Morgan fingerprint density at radius 3 is 1.30 bits per heavy atom. The Morgan fingerprint density at radius 1 is 0.650 bits per heavy atom. The van der Waals surface area contributed by atoms with Gasteiger partial charge in [0.15, 0.2) is 0 Å². The first-order valence-electron chi connectivity index (χ1n) is 6.33. The summed E-state index contributed by atoms with van der Waals surface area (Å²) >= 11 is 0. The van der Waals surface area contributed by atoms with E-state index in [0.717, 1.165) is 11.1 Å². The molecule has 0 atom stereocenters. The second kappa shape index (κ2) is 7.09. The van der Waals surface area contributed by atoms with Crippen LogP contribution in [0.15, 0.2) is 71.0 Å². The Kier molecular flexibility index (Phi) is 4.89. The van der Waals surface area contributed by atoms with Crippen molar-refractivity contribution in [3.05, 3.63) is 71.8 Å². The fourth-order valence-electron chi connectivity index (χ4n) is 1.97. The highest BCUT2D eigenvalue weighted by molar-refractivity contribution is 6.42. The Hall–Kier alpha value is -2.62. The van der Waals surface area contributed by atoms with Crippen LogP contribution in [0.5, 0.6) is 0 Å². The van der Waals surface area contributed by atoms with Crippen LogP contribution in [-0.4, -0.2) is 21.8 Å². The lowest BCUT2D eigenvalue weighted by atomic mass is 10.00. The lowest BCUT2D eigenvalue weighted by Crippen LogP contribution is -2.20. The monoisotopic (exact) mass is 268 g/mol. The smallest absolute Gasteiger partial charge is 0.109 e. The summed E-state index contributed by atoms with van der Waals surface area (Å²) in [6.45, 7) is 0. The van der Waals surface area contributed by atoms with Crippen molar-refractivity contribution in [1.82, 2.24) is 0 Å². The summed E-state index contributed by atoms with van der Waals surface area (Å²) < 4.78 is 0. The van der Waals surface area contributed by atoms with E-state index in [4.69, 9.17) is 10.4 Å². The topological polar surface area (TPSA) is 65.2 Å². The molecule has 0 fully saturated rings. The molecule has 0 aliphatic heterocycles. The van der Waals surface area contributed by atoms with Crippen molar-refractivity contribution in [2.24, 2.45) is 10.3 Å². The van der Waals surface area contributed by atoms with Gasteiger partial charge in [0, 0.05) is 12.8 Å². The fourth-order valence-corrected chi connectivity index (χ4v) is 1.97. The van der Waals surface area contributed by atoms with Crippen LogP contribution in [0.3, 0.4) is 0 Å². The van der Waals surface area contributed by atoms with E-state index in [2.05, 4.69) is 10.3 Å². The summed E-state index contributed by atoms with van der Waals surface area (Å²) in [6, 6.07) is 19.2. The molecule has 0 heterocycles. The summed E-state index contributed by atoms with van der Waals surface area (Å²) in [5.74, 6) is 0. The van der Waals surface area contributed by atoms with Crippen molar-refractivity contribution < 1.29 is 10.4 Å². The Bertz CT molecular complexity index is 537. The predicted molar refractivity (Wildman–Crippen MR) is 78.7 cm³/mol. The van der Waals surface area contributed by atoms with Gasteiger partial charge in [0.1, 0.15) is 11.4 Å². The highest BCUT2D eigenvalue weighted by Crippen LogP contribution is 2.07. The first-order valence-corrected chi connectivity index (χ1v) is 6.33. The third kappa shape index (κ3) is 3.68. The molecule has 0 radical (unpaired) electrons. The SMILES string of the molecule is ON=C(Cc1ccccc1)C(Cc1ccccc1)=NO. The molecule has 2 aromatic carbocycles. The summed E-state index contributed by atoms with van der Waals surface area (Å²) in [5, 5.41) is 24.9. The highest BCUT2D eigenvalue weighted by Gasteiger charge is 2.12. The molecule has 0 spiro atoms. The quantitative estimate of drug-likeness (QED) is 0.497. The molecule has 102 valence electrons. The van der Waals surface area contributed by atoms with Crippen molar-refractivity contribution in [3.63, 3.8) is 0 Å². The number of rotatable bonds is 5. The number of oxime groups is 2. The van der Waals surface area contributed by atoms with Crippen LogP contribution in [0, 0.1) is 0 Å². The molecular formula is C16H16N2O2. The minimum Gasteiger partial charge on any atom is -0.411 e. The van der Waals surface area contributed by atoms with Gasteiger partial charge in [-0.3, -0.25) is 0 Å². The Labute approximate surface area is 117 Å². The number of nitrogens with zero attached hydrogens (tertiary/aromatic N) is 2. The molecule has 0 unspecified atom stereocenters. The standard InChI is InChI=1S/C16H16N2O2/c19-17-15(11-13-7-3-1-4-8-13)16(18-20)12-14-9-5-2-6-10-14/h1-10,19-20H,11-12H2. The van der Waals surface area contributed by atoms with Crippen molar-refractivity contribution >= 4 is 11.4 Å². The minimum absolute atomic E-state index is 0.363. The molecular weight excluding hydrogens is 252 g/mol. The van der Waals surface area contributed by atoms with Gasteiger partial charge >= 0.3 is 0 Å². The molecule has 0 saturated heterocycles. The molecule has 2 rings (SSSR count). The highest BCUT2D eigenvalue weighted by atomic mass is 16.4. The second-order valence-corrected chi connectivity index (χ2v) is 4.42. The lowest BCUT2D eigenvalue weighted by Gasteiger charge is -2.07. The minimum atomic E-state index is 0.363. The zero-order valence-corrected chi connectivity index (χ0v) is 11.0. The van der Waals surface area contributed by atoms with Crippen molar-refractivity contribution in [2.45, 2.75) is 12.8 Å². The van der Waals surface area contributed by atoms with Gasteiger partial charge in [-0.15, -0.1) is 0 Å². The van der Waals surface area contributed by atoms with Crippen molar-refractivity contribution in [2.75, 3.05) is 0 Å². The van der Waals surface area contributed by atoms with Gasteiger partial charge in [0.25, 0.3) is 0 Å². The van der Waals surface area contributed by atoms with E-state index in [1.807, 2.05) is 60.7 Å². The van der Waals surface area contributed by atoms with E-state index in [-0.39, 0.29) is 0 Å².